The molecule has 2 rings (SSSR count). The Hall–Kier alpha value is -1.35. The fourth-order valence-corrected chi connectivity index (χ4v) is 2.59. The second-order valence-corrected chi connectivity index (χ2v) is 5.76. The molecule has 2 atom stereocenters. The Bertz CT molecular complexity index is 425. The summed E-state index contributed by atoms with van der Waals surface area (Å²) in [5.41, 5.74) is 2.19. The molecule has 0 saturated carbocycles. The van der Waals surface area contributed by atoms with Crippen LogP contribution in [0.3, 0.4) is 0 Å². The Balaban J connectivity index is 1.98. The van der Waals surface area contributed by atoms with Gasteiger partial charge in [0.25, 0.3) is 0 Å². The van der Waals surface area contributed by atoms with Crippen LogP contribution in [0, 0.1) is 5.92 Å². The van der Waals surface area contributed by atoms with Gasteiger partial charge in [0.15, 0.2) is 0 Å². The van der Waals surface area contributed by atoms with E-state index in [0.717, 1.165) is 25.1 Å². The van der Waals surface area contributed by atoms with Crippen LogP contribution in [-0.4, -0.2) is 18.5 Å². The van der Waals surface area contributed by atoms with Gasteiger partial charge in [-0.25, -0.2) is 0 Å². The topological polar surface area (TPSA) is 41.1 Å². The van der Waals surface area contributed by atoms with Crippen molar-refractivity contribution in [3.05, 3.63) is 29.8 Å². The molecule has 1 aliphatic heterocycles. The van der Waals surface area contributed by atoms with Crippen molar-refractivity contribution in [2.75, 3.05) is 11.9 Å². The van der Waals surface area contributed by atoms with Crippen molar-refractivity contribution in [1.29, 1.82) is 0 Å². The predicted molar refractivity (Wildman–Crippen MR) is 79.3 cm³/mol. The summed E-state index contributed by atoms with van der Waals surface area (Å²) in [6, 6.07) is 8.43. The summed E-state index contributed by atoms with van der Waals surface area (Å²) in [6.45, 7) is 7.45. The van der Waals surface area contributed by atoms with E-state index in [4.69, 9.17) is 0 Å². The molecule has 0 aromatic heterocycles. The van der Waals surface area contributed by atoms with Crippen LogP contribution in [0.4, 0.5) is 5.69 Å². The van der Waals surface area contributed by atoms with Crippen molar-refractivity contribution in [2.45, 2.75) is 45.6 Å². The van der Waals surface area contributed by atoms with Gasteiger partial charge >= 0.3 is 0 Å². The van der Waals surface area contributed by atoms with Gasteiger partial charge in [0, 0.05) is 11.7 Å². The van der Waals surface area contributed by atoms with Crippen molar-refractivity contribution in [1.82, 2.24) is 5.32 Å². The maximum absolute atomic E-state index is 12.2. The molecule has 2 unspecified atom stereocenters. The van der Waals surface area contributed by atoms with Crippen molar-refractivity contribution >= 4 is 11.6 Å². The van der Waals surface area contributed by atoms with Crippen molar-refractivity contribution in [2.24, 2.45) is 5.92 Å². The first kappa shape index (κ1) is 14.1. The highest BCUT2D eigenvalue weighted by Gasteiger charge is 2.27. The largest absolute Gasteiger partial charge is 0.326 e. The number of hydrogen-bond acceptors (Lipinski definition) is 2. The summed E-state index contributed by atoms with van der Waals surface area (Å²) in [6.07, 6.45) is 2.05. The quantitative estimate of drug-likeness (QED) is 0.876. The molecule has 0 spiro atoms. The number of anilines is 1. The molecule has 19 heavy (non-hydrogen) atoms. The molecule has 104 valence electrons. The number of nitrogens with one attached hydrogen (secondary N) is 2. The summed E-state index contributed by atoms with van der Waals surface area (Å²) in [4.78, 5) is 12.2. The molecule has 1 aromatic rings. The van der Waals surface area contributed by atoms with Crippen LogP contribution >= 0.6 is 0 Å². The highest BCUT2D eigenvalue weighted by Crippen LogP contribution is 2.20. The zero-order valence-corrected chi connectivity index (χ0v) is 12.1. The lowest BCUT2D eigenvalue weighted by Crippen LogP contribution is -2.44. The summed E-state index contributed by atoms with van der Waals surface area (Å²) >= 11 is 0. The zero-order chi connectivity index (χ0) is 13.8. The van der Waals surface area contributed by atoms with Gasteiger partial charge in [-0.2, -0.15) is 0 Å². The highest BCUT2D eigenvalue weighted by molar-refractivity contribution is 5.93. The van der Waals surface area contributed by atoms with Crippen molar-refractivity contribution < 1.29 is 4.79 Å². The molecule has 2 N–H and O–H groups in total. The summed E-state index contributed by atoms with van der Waals surface area (Å²) in [7, 11) is 0. The minimum atomic E-state index is 0.0820. The van der Waals surface area contributed by atoms with Gasteiger partial charge in [0.2, 0.25) is 5.91 Å². The van der Waals surface area contributed by atoms with E-state index in [1.807, 2.05) is 12.1 Å². The molecule has 0 bridgehead atoms. The highest BCUT2D eigenvalue weighted by atomic mass is 16.1. The monoisotopic (exact) mass is 260 g/mol. The second kappa shape index (κ2) is 6.20. The first-order valence-corrected chi connectivity index (χ1v) is 7.22. The number of hydrogen-bond donors (Lipinski definition) is 2. The van der Waals surface area contributed by atoms with E-state index in [1.54, 1.807) is 0 Å². The molecule has 3 nitrogen and oxygen atoms in total. The minimum Gasteiger partial charge on any atom is -0.326 e. The fraction of sp³-hybridized carbons (Fsp3) is 0.562. The lowest BCUT2D eigenvalue weighted by molar-refractivity contribution is -0.121. The molecule has 1 aliphatic rings. The van der Waals surface area contributed by atoms with Gasteiger partial charge in [-0.15, -0.1) is 0 Å². The number of piperidine rings is 1. The zero-order valence-electron chi connectivity index (χ0n) is 12.1. The third-order valence-corrected chi connectivity index (χ3v) is 3.94. The van der Waals surface area contributed by atoms with Crippen LogP contribution in [0.2, 0.25) is 0 Å². The van der Waals surface area contributed by atoms with E-state index in [9.17, 15) is 4.79 Å². The summed E-state index contributed by atoms with van der Waals surface area (Å²) in [5.74, 6) is 0.739. The molecule has 1 aromatic carbocycles. The minimum absolute atomic E-state index is 0.0820. The Morgan fingerprint density at radius 2 is 2.00 bits per heavy atom. The van der Waals surface area contributed by atoms with Gasteiger partial charge in [0.1, 0.15) is 0 Å². The smallest absolute Gasteiger partial charge is 0.229 e. The Morgan fingerprint density at radius 3 is 2.58 bits per heavy atom. The molecule has 1 saturated heterocycles. The number of amides is 1. The molecule has 0 aliphatic carbocycles. The lowest BCUT2D eigenvalue weighted by atomic mass is 9.91. The summed E-state index contributed by atoms with van der Waals surface area (Å²) < 4.78 is 0. The lowest BCUT2D eigenvalue weighted by Gasteiger charge is -2.28. The van der Waals surface area contributed by atoms with Gasteiger partial charge in [-0.1, -0.05) is 26.0 Å². The predicted octanol–water partition coefficient (Wildman–Crippen LogP) is 3.14. The summed E-state index contributed by atoms with van der Waals surface area (Å²) in [5, 5.41) is 6.39. The Kier molecular flexibility index (Phi) is 4.59. The Labute approximate surface area is 115 Å². The van der Waals surface area contributed by atoms with Gasteiger partial charge in [-0.05, 0) is 49.9 Å². The first-order chi connectivity index (χ1) is 9.08. The van der Waals surface area contributed by atoms with E-state index >= 15 is 0 Å². The van der Waals surface area contributed by atoms with Gasteiger partial charge < -0.3 is 10.6 Å². The van der Waals surface area contributed by atoms with Crippen molar-refractivity contribution in [3.8, 4) is 0 Å². The average Bonchev–Trinajstić information content (AvgIpc) is 2.39. The molecular weight excluding hydrogens is 236 g/mol. The molecule has 3 heteroatoms. The second-order valence-electron chi connectivity index (χ2n) is 5.76. The van der Waals surface area contributed by atoms with E-state index < -0.39 is 0 Å². The molecule has 1 fully saturated rings. The van der Waals surface area contributed by atoms with Crippen LogP contribution in [0.15, 0.2) is 24.3 Å². The normalized spacial score (nSPS) is 23.4. The first-order valence-electron chi connectivity index (χ1n) is 7.22. The van der Waals surface area contributed by atoms with E-state index in [0.29, 0.717) is 5.92 Å². The van der Waals surface area contributed by atoms with Gasteiger partial charge in [0.05, 0.1) is 5.92 Å². The van der Waals surface area contributed by atoms with E-state index in [2.05, 4.69) is 43.5 Å². The molecule has 0 radical (unpaired) electrons. The third kappa shape index (κ3) is 3.57. The van der Waals surface area contributed by atoms with E-state index in [-0.39, 0.29) is 17.9 Å². The number of rotatable bonds is 3. The Morgan fingerprint density at radius 1 is 1.32 bits per heavy atom. The van der Waals surface area contributed by atoms with Gasteiger partial charge in [-0.3, -0.25) is 4.79 Å². The average molecular weight is 260 g/mol. The number of benzene rings is 1. The maximum Gasteiger partial charge on any atom is 0.229 e. The van der Waals surface area contributed by atoms with Crippen LogP contribution in [-0.2, 0) is 4.79 Å². The van der Waals surface area contributed by atoms with Crippen LogP contribution in [0.1, 0.15) is 45.1 Å². The van der Waals surface area contributed by atoms with Crippen molar-refractivity contribution in [3.63, 3.8) is 0 Å². The van der Waals surface area contributed by atoms with E-state index in [1.165, 1.54) is 5.56 Å². The molecule has 1 amide bonds. The standard InChI is InChI=1S/C16H24N2O/c1-11(2)13-6-8-14(9-7-13)18-16(19)15-5-4-10-17-12(15)3/h6-9,11-12,15,17H,4-5,10H2,1-3H3,(H,18,19). The maximum atomic E-state index is 12.2. The van der Waals surface area contributed by atoms with Crippen LogP contribution < -0.4 is 10.6 Å². The number of carbonyl (C=O) groups is 1. The van der Waals surface area contributed by atoms with Crippen LogP contribution in [0.25, 0.3) is 0 Å². The number of carbonyl (C=O) groups excluding carboxylic acids is 1. The SMILES string of the molecule is CC(C)c1ccc(NC(=O)C2CCCNC2C)cc1. The van der Waals surface area contributed by atoms with Crippen LogP contribution in [0.5, 0.6) is 0 Å². The fourth-order valence-electron chi connectivity index (χ4n) is 2.59. The molecular formula is C16H24N2O. The third-order valence-electron chi connectivity index (χ3n) is 3.94. The molecule has 1 heterocycles.